The maximum Gasteiger partial charge on any atom is 0.230 e. The van der Waals surface area contributed by atoms with Crippen molar-refractivity contribution < 1.29 is 9.53 Å². The van der Waals surface area contributed by atoms with E-state index in [0.717, 1.165) is 12.8 Å². The van der Waals surface area contributed by atoms with E-state index in [4.69, 9.17) is 22.7 Å². The van der Waals surface area contributed by atoms with Crippen LogP contribution in [0.4, 0.5) is 0 Å². The Kier molecular flexibility index (Phi) is 5.10. The molecule has 0 radical (unpaired) electrons. The van der Waals surface area contributed by atoms with Crippen LogP contribution >= 0.6 is 12.2 Å². The van der Waals surface area contributed by atoms with Gasteiger partial charge in [0.05, 0.1) is 16.5 Å². The normalized spacial score (nSPS) is 24.6. The van der Waals surface area contributed by atoms with Crippen LogP contribution in [0.15, 0.2) is 0 Å². The predicted molar refractivity (Wildman–Crippen MR) is 76.3 cm³/mol. The maximum absolute atomic E-state index is 12.2. The Bertz CT molecular complexity index is 329. The smallest absolute Gasteiger partial charge is 0.230 e. The molecule has 0 aromatic carbocycles. The summed E-state index contributed by atoms with van der Waals surface area (Å²) in [5, 5.41) is 3.05. The Labute approximate surface area is 115 Å². The van der Waals surface area contributed by atoms with Crippen molar-refractivity contribution in [2.75, 3.05) is 6.61 Å². The van der Waals surface area contributed by atoms with Crippen molar-refractivity contribution in [3.8, 4) is 0 Å². The van der Waals surface area contributed by atoms with Gasteiger partial charge in [0.1, 0.15) is 0 Å². The molecule has 1 fully saturated rings. The average Bonchev–Trinajstić information content (AvgIpc) is 2.13. The molecule has 1 aliphatic rings. The zero-order valence-electron chi connectivity index (χ0n) is 11.7. The van der Waals surface area contributed by atoms with Crippen molar-refractivity contribution in [2.45, 2.75) is 52.2 Å². The first-order chi connectivity index (χ1) is 8.23. The fraction of sp³-hybridized carbons (Fsp3) is 0.846. The van der Waals surface area contributed by atoms with E-state index in [1.165, 1.54) is 0 Å². The van der Waals surface area contributed by atoms with Crippen LogP contribution in [0.5, 0.6) is 0 Å². The van der Waals surface area contributed by atoms with E-state index in [9.17, 15) is 4.79 Å². The highest BCUT2D eigenvalue weighted by molar-refractivity contribution is 7.80. The summed E-state index contributed by atoms with van der Waals surface area (Å²) in [7, 11) is 0. The fourth-order valence-corrected chi connectivity index (χ4v) is 2.79. The zero-order chi connectivity index (χ0) is 13.9. The lowest BCUT2D eigenvalue weighted by molar-refractivity contribution is -0.127. The number of rotatable bonds is 4. The molecular formula is C13H24N2O2S. The molecule has 1 saturated heterocycles. The minimum absolute atomic E-state index is 0.0554. The van der Waals surface area contributed by atoms with Crippen LogP contribution < -0.4 is 11.1 Å². The van der Waals surface area contributed by atoms with Gasteiger partial charge in [0.15, 0.2) is 0 Å². The molecule has 18 heavy (non-hydrogen) atoms. The molecule has 0 aliphatic carbocycles. The van der Waals surface area contributed by atoms with Gasteiger partial charge in [-0.1, -0.05) is 26.1 Å². The molecular weight excluding hydrogens is 248 g/mol. The zero-order valence-corrected chi connectivity index (χ0v) is 12.5. The maximum atomic E-state index is 12.2. The molecule has 0 bridgehead atoms. The number of carbonyl (C=O) groups is 1. The number of ether oxygens (including phenoxy) is 1. The van der Waals surface area contributed by atoms with Gasteiger partial charge in [-0.25, -0.2) is 0 Å². The summed E-state index contributed by atoms with van der Waals surface area (Å²) in [5.41, 5.74) is 5.47. The van der Waals surface area contributed by atoms with E-state index < -0.39 is 0 Å². The van der Waals surface area contributed by atoms with Gasteiger partial charge in [-0.2, -0.15) is 0 Å². The van der Waals surface area contributed by atoms with Crippen molar-refractivity contribution in [3.63, 3.8) is 0 Å². The first-order valence-corrected chi connectivity index (χ1v) is 6.87. The first-order valence-electron chi connectivity index (χ1n) is 6.46. The van der Waals surface area contributed by atoms with Gasteiger partial charge >= 0.3 is 0 Å². The molecule has 2 unspecified atom stereocenters. The van der Waals surface area contributed by atoms with Gasteiger partial charge in [0.25, 0.3) is 0 Å². The molecule has 0 aromatic heterocycles. The SMILES string of the molecule is CC(C)C(C(=O)NC1CCOC(C)(C)C1)C(N)=S. The number of hydrogen-bond donors (Lipinski definition) is 2. The molecule has 0 saturated carbocycles. The molecule has 104 valence electrons. The standard InChI is InChI=1S/C13H24N2O2S/c1-8(2)10(11(14)18)12(16)15-9-5-6-17-13(3,4)7-9/h8-10H,5-7H2,1-4H3,(H2,14,18)(H,15,16). The summed E-state index contributed by atoms with van der Waals surface area (Å²) < 4.78 is 5.63. The Morgan fingerprint density at radius 3 is 2.56 bits per heavy atom. The summed E-state index contributed by atoms with van der Waals surface area (Å²) in [6, 6.07) is 0.150. The van der Waals surface area contributed by atoms with Gasteiger partial charge in [-0.3, -0.25) is 4.79 Å². The Hall–Kier alpha value is -0.680. The van der Waals surface area contributed by atoms with Gasteiger partial charge in [-0.05, 0) is 32.6 Å². The minimum atomic E-state index is -0.383. The monoisotopic (exact) mass is 272 g/mol. The molecule has 4 nitrogen and oxygen atoms in total. The lowest BCUT2D eigenvalue weighted by Crippen LogP contribution is -2.50. The largest absolute Gasteiger partial charge is 0.393 e. The van der Waals surface area contributed by atoms with Gasteiger partial charge in [-0.15, -0.1) is 0 Å². The second kappa shape index (κ2) is 5.97. The van der Waals surface area contributed by atoms with Crippen molar-refractivity contribution in [1.82, 2.24) is 5.32 Å². The number of amides is 1. The van der Waals surface area contributed by atoms with Crippen molar-refractivity contribution in [3.05, 3.63) is 0 Å². The van der Waals surface area contributed by atoms with Crippen molar-refractivity contribution in [1.29, 1.82) is 0 Å². The number of nitrogens with one attached hydrogen (secondary N) is 1. The highest BCUT2D eigenvalue weighted by Gasteiger charge is 2.32. The third-order valence-electron chi connectivity index (χ3n) is 3.30. The van der Waals surface area contributed by atoms with E-state index in [1.54, 1.807) is 0 Å². The number of carbonyl (C=O) groups excluding carboxylic acids is 1. The second-order valence-corrected chi connectivity index (χ2v) is 6.40. The van der Waals surface area contributed by atoms with E-state index in [1.807, 2.05) is 27.7 Å². The topological polar surface area (TPSA) is 64.3 Å². The third-order valence-corrected chi connectivity index (χ3v) is 3.55. The second-order valence-electron chi connectivity index (χ2n) is 5.93. The summed E-state index contributed by atoms with van der Waals surface area (Å²) >= 11 is 4.97. The van der Waals surface area contributed by atoms with Crippen LogP contribution in [0.1, 0.15) is 40.5 Å². The molecule has 0 spiro atoms. The number of thiocarbonyl (C=S) groups is 1. The first kappa shape index (κ1) is 15.4. The van der Waals surface area contributed by atoms with Crippen LogP contribution in [0.25, 0.3) is 0 Å². The lowest BCUT2D eigenvalue weighted by Gasteiger charge is -2.36. The van der Waals surface area contributed by atoms with E-state index in [2.05, 4.69) is 5.32 Å². The quantitative estimate of drug-likeness (QED) is 0.763. The van der Waals surface area contributed by atoms with Gasteiger partial charge < -0.3 is 15.8 Å². The summed E-state index contributed by atoms with van der Waals surface area (Å²) in [5.74, 6) is -0.318. The fourth-order valence-electron chi connectivity index (χ4n) is 2.41. The molecule has 1 heterocycles. The molecule has 2 atom stereocenters. The lowest BCUT2D eigenvalue weighted by atomic mass is 9.91. The minimum Gasteiger partial charge on any atom is -0.393 e. The number of hydrogen-bond acceptors (Lipinski definition) is 3. The Morgan fingerprint density at radius 2 is 2.11 bits per heavy atom. The van der Waals surface area contributed by atoms with E-state index in [-0.39, 0.29) is 34.4 Å². The van der Waals surface area contributed by atoms with Crippen molar-refractivity contribution in [2.24, 2.45) is 17.6 Å². The van der Waals surface area contributed by atoms with E-state index in [0.29, 0.717) is 6.61 Å². The van der Waals surface area contributed by atoms with E-state index >= 15 is 0 Å². The van der Waals surface area contributed by atoms with Crippen LogP contribution in [0, 0.1) is 11.8 Å². The molecule has 0 aromatic rings. The van der Waals surface area contributed by atoms with Crippen LogP contribution in [0.2, 0.25) is 0 Å². The number of nitrogens with two attached hydrogens (primary N) is 1. The molecule has 3 N–H and O–H groups in total. The molecule has 1 aliphatic heterocycles. The van der Waals surface area contributed by atoms with Crippen LogP contribution in [-0.2, 0) is 9.53 Å². The van der Waals surface area contributed by atoms with Gasteiger partial charge in [0.2, 0.25) is 5.91 Å². The molecule has 5 heteroatoms. The van der Waals surface area contributed by atoms with Gasteiger partial charge in [0, 0.05) is 12.6 Å². The average molecular weight is 272 g/mol. The molecule has 1 amide bonds. The Balaban J connectivity index is 2.61. The van der Waals surface area contributed by atoms with Crippen molar-refractivity contribution >= 4 is 23.1 Å². The molecule has 1 rings (SSSR count). The highest BCUT2D eigenvalue weighted by atomic mass is 32.1. The summed E-state index contributed by atoms with van der Waals surface area (Å²) in [6.07, 6.45) is 1.66. The highest BCUT2D eigenvalue weighted by Crippen LogP contribution is 2.24. The van der Waals surface area contributed by atoms with Crippen LogP contribution in [0.3, 0.4) is 0 Å². The summed E-state index contributed by atoms with van der Waals surface area (Å²) in [4.78, 5) is 12.5. The van der Waals surface area contributed by atoms with Crippen LogP contribution in [-0.4, -0.2) is 29.1 Å². The third kappa shape index (κ3) is 4.21. The summed E-state index contributed by atoms with van der Waals surface area (Å²) in [6.45, 7) is 8.67. The Morgan fingerprint density at radius 1 is 1.50 bits per heavy atom. The predicted octanol–water partition coefficient (Wildman–Crippen LogP) is 1.62.